The standard InChI is InChI=1S/C10H21N3O2/c1-3-13(4-2)10(15)12-8-6-5-7-9(11)14/h3-8H2,1-2H3,(H2,11,14)(H,12,15). The summed E-state index contributed by atoms with van der Waals surface area (Å²) in [7, 11) is 0. The van der Waals surface area contributed by atoms with Crippen LogP contribution in [0.5, 0.6) is 0 Å². The Bertz CT molecular complexity index is 203. The van der Waals surface area contributed by atoms with Crippen molar-refractivity contribution in [1.29, 1.82) is 0 Å². The maximum Gasteiger partial charge on any atom is 0.317 e. The number of urea groups is 1. The summed E-state index contributed by atoms with van der Waals surface area (Å²) in [6, 6.07) is -0.0425. The number of hydrogen-bond acceptors (Lipinski definition) is 2. The molecule has 15 heavy (non-hydrogen) atoms. The second-order valence-corrected chi connectivity index (χ2v) is 3.33. The molecule has 0 heterocycles. The van der Waals surface area contributed by atoms with Crippen LogP contribution in [-0.4, -0.2) is 36.5 Å². The highest BCUT2D eigenvalue weighted by Gasteiger charge is 2.07. The Morgan fingerprint density at radius 1 is 1.20 bits per heavy atom. The maximum atomic E-state index is 11.4. The van der Waals surface area contributed by atoms with E-state index in [1.54, 1.807) is 4.90 Å². The SMILES string of the molecule is CCN(CC)C(=O)NCCCCC(N)=O. The lowest BCUT2D eigenvalue weighted by Gasteiger charge is -2.18. The third kappa shape index (κ3) is 6.76. The van der Waals surface area contributed by atoms with Crippen LogP contribution in [0, 0.1) is 0 Å². The van der Waals surface area contributed by atoms with Crippen molar-refractivity contribution in [3.05, 3.63) is 0 Å². The lowest BCUT2D eigenvalue weighted by molar-refractivity contribution is -0.118. The van der Waals surface area contributed by atoms with Gasteiger partial charge in [0.2, 0.25) is 5.91 Å². The van der Waals surface area contributed by atoms with Crippen LogP contribution in [0.4, 0.5) is 4.79 Å². The van der Waals surface area contributed by atoms with Crippen molar-refractivity contribution < 1.29 is 9.59 Å². The minimum atomic E-state index is -0.287. The Balaban J connectivity index is 3.50. The average Bonchev–Trinajstić information content (AvgIpc) is 2.18. The minimum absolute atomic E-state index is 0.0425. The number of carbonyl (C=O) groups excluding carboxylic acids is 2. The number of primary amides is 1. The molecule has 0 fully saturated rings. The lowest BCUT2D eigenvalue weighted by Crippen LogP contribution is -2.40. The van der Waals surface area contributed by atoms with Gasteiger partial charge in [0.15, 0.2) is 0 Å². The van der Waals surface area contributed by atoms with Gasteiger partial charge < -0.3 is 16.0 Å². The van der Waals surface area contributed by atoms with Crippen molar-refractivity contribution >= 4 is 11.9 Å². The van der Waals surface area contributed by atoms with Gasteiger partial charge >= 0.3 is 6.03 Å². The molecule has 0 radical (unpaired) electrons. The fourth-order valence-corrected chi connectivity index (χ4v) is 1.24. The van der Waals surface area contributed by atoms with E-state index in [0.717, 1.165) is 12.8 Å². The normalized spacial score (nSPS) is 9.73. The predicted molar refractivity (Wildman–Crippen MR) is 59.4 cm³/mol. The molecule has 0 spiro atoms. The molecule has 0 aromatic rings. The summed E-state index contributed by atoms with van der Waals surface area (Å²) >= 11 is 0. The van der Waals surface area contributed by atoms with E-state index in [9.17, 15) is 9.59 Å². The first-order chi connectivity index (χ1) is 7.11. The van der Waals surface area contributed by atoms with Gasteiger partial charge in [-0.05, 0) is 26.7 Å². The molecule has 0 unspecified atom stereocenters. The van der Waals surface area contributed by atoms with Crippen LogP contribution in [0.15, 0.2) is 0 Å². The second kappa shape index (κ2) is 8.08. The molecule has 0 atom stereocenters. The zero-order chi connectivity index (χ0) is 11.7. The monoisotopic (exact) mass is 215 g/mol. The molecule has 0 rings (SSSR count). The van der Waals surface area contributed by atoms with Crippen LogP contribution in [0.3, 0.4) is 0 Å². The third-order valence-electron chi connectivity index (χ3n) is 2.18. The smallest absolute Gasteiger partial charge is 0.317 e. The van der Waals surface area contributed by atoms with E-state index in [1.807, 2.05) is 13.8 Å². The third-order valence-corrected chi connectivity index (χ3v) is 2.18. The van der Waals surface area contributed by atoms with Gasteiger partial charge in [-0.25, -0.2) is 4.79 Å². The molecule has 0 saturated heterocycles. The average molecular weight is 215 g/mol. The Morgan fingerprint density at radius 3 is 2.27 bits per heavy atom. The highest BCUT2D eigenvalue weighted by Crippen LogP contribution is 1.93. The predicted octanol–water partition coefficient (Wildman–Crippen LogP) is 0.693. The number of amides is 3. The van der Waals surface area contributed by atoms with Crippen molar-refractivity contribution in [2.75, 3.05) is 19.6 Å². The van der Waals surface area contributed by atoms with E-state index in [1.165, 1.54) is 0 Å². The molecule has 0 bridgehead atoms. The molecule has 5 heteroatoms. The molecule has 0 aliphatic rings. The summed E-state index contributed by atoms with van der Waals surface area (Å²) in [5.74, 6) is -0.287. The zero-order valence-corrected chi connectivity index (χ0v) is 9.58. The van der Waals surface area contributed by atoms with Crippen LogP contribution in [0.2, 0.25) is 0 Å². The van der Waals surface area contributed by atoms with Gasteiger partial charge in [-0.2, -0.15) is 0 Å². The van der Waals surface area contributed by atoms with Crippen LogP contribution in [0.25, 0.3) is 0 Å². The second-order valence-electron chi connectivity index (χ2n) is 3.33. The molecule has 0 aliphatic heterocycles. The van der Waals surface area contributed by atoms with Gasteiger partial charge in [0.25, 0.3) is 0 Å². The number of nitrogens with zero attached hydrogens (tertiary/aromatic N) is 1. The molecule has 3 N–H and O–H groups in total. The fraction of sp³-hybridized carbons (Fsp3) is 0.800. The van der Waals surface area contributed by atoms with Crippen molar-refractivity contribution in [3.63, 3.8) is 0 Å². The van der Waals surface area contributed by atoms with Crippen LogP contribution < -0.4 is 11.1 Å². The van der Waals surface area contributed by atoms with Crippen LogP contribution in [0.1, 0.15) is 33.1 Å². The molecule has 0 saturated carbocycles. The molecule has 5 nitrogen and oxygen atoms in total. The number of carbonyl (C=O) groups is 2. The Hall–Kier alpha value is -1.26. The molecule has 88 valence electrons. The number of unbranched alkanes of at least 4 members (excludes halogenated alkanes) is 1. The summed E-state index contributed by atoms with van der Waals surface area (Å²) in [6.07, 6.45) is 1.91. The minimum Gasteiger partial charge on any atom is -0.370 e. The fourth-order valence-electron chi connectivity index (χ4n) is 1.24. The van der Waals surface area contributed by atoms with Gasteiger partial charge in [0, 0.05) is 26.1 Å². The van der Waals surface area contributed by atoms with E-state index >= 15 is 0 Å². The number of nitrogens with one attached hydrogen (secondary N) is 1. The van der Waals surface area contributed by atoms with Crippen molar-refractivity contribution in [2.45, 2.75) is 33.1 Å². The first kappa shape index (κ1) is 13.7. The molecule has 3 amide bonds. The Kier molecular flexibility index (Phi) is 7.40. The van der Waals surface area contributed by atoms with Gasteiger partial charge in [-0.1, -0.05) is 0 Å². The quantitative estimate of drug-likeness (QED) is 0.613. The van der Waals surface area contributed by atoms with E-state index in [0.29, 0.717) is 26.1 Å². The largest absolute Gasteiger partial charge is 0.370 e. The highest BCUT2D eigenvalue weighted by atomic mass is 16.2. The summed E-state index contributed by atoms with van der Waals surface area (Å²) in [4.78, 5) is 23.6. The van der Waals surface area contributed by atoms with Crippen molar-refractivity contribution in [3.8, 4) is 0 Å². The molecule has 0 aliphatic carbocycles. The topological polar surface area (TPSA) is 75.4 Å². The van der Waals surface area contributed by atoms with Gasteiger partial charge in [-0.15, -0.1) is 0 Å². The molecule has 0 aromatic heterocycles. The van der Waals surface area contributed by atoms with Gasteiger partial charge in [0.1, 0.15) is 0 Å². The van der Waals surface area contributed by atoms with Crippen LogP contribution in [-0.2, 0) is 4.79 Å². The Morgan fingerprint density at radius 2 is 1.80 bits per heavy atom. The molecular weight excluding hydrogens is 194 g/mol. The Labute approximate surface area is 91.0 Å². The van der Waals surface area contributed by atoms with E-state index in [4.69, 9.17) is 5.73 Å². The van der Waals surface area contributed by atoms with Crippen LogP contribution >= 0.6 is 0 Å². The summed E-state index contributed by atoms with van der Waals surface area (Å²) in [5.41, 5.74) is 4.99. The summed E-state index contributed by atoms with van der Waals surface area (Å²) in [6.45, 7) is 5.90. The van der Waals surface area contributed by atoms with E-state index in [-0.39, 0.29) is 11.9 Å². The van der Waals surface area contributed by atoms with Gasteiger partial charge in [-0.3, -0.25) is 4.79 Å². The van der Waals surface area contributed by atoms with Crippen molar-refractivity contribution in [1.82, 2.24) is 10.2 Å². The van der Waals surface area contributed by atoms with E-state index < -0.39 is 0 Å². The first-order valence-electron chi connectivity index (χ1n) is 5.42. The number of rotatable bonds is 7. The maximum absolute atomic E-state index is 11.4. The highest BCUT2D eigenvalue weighted by molar-refractivity contribution is 5.74. The lowest BCUT2D eigenvalue weighted by atomic mass is 10.2. The van der Waals surface area contributed by atoms with Crippen molar-refractivity contribution in [2.24, 2.45) is 5.73 Å². The number of hydrogen-bond donors (Lipinski definition) is 2. The van der Waals surface area contributed by atoms with E-state index in [2.05, 4.69) is 5.32 Å². The number of nitrogens with two attached hydrogens (primary N) is 1. The first-order valence-corrected chi connectivity index (χ1v) is 5.42. The molecule has 0 aromatic carbocycles. The summed E-state index contributed by atoms with van der Waals surface area (Å²) < 4.78 is 0. The zero-order valence-electron chi connectivity index (χ0n) is 9.58. The molecular formula is C10H21N3O2. The van der Waals surface area contributed by atoms with Gasteiger partial charge in [0.05, 0.1) is 0 Å². The summed E-state index contributed by atoms with van der Waals surface area (Å²) in [5, 5.41) is 2.79.